The summed E-state index contributed by atoms with van der Waals surface area (Å²) in [4.78, 5) is 2.29. The summed E-state index contributed by atoms with van der Waals surface area (Å²) in [6, 6.07) is 6.10. The Bertz CT molecular complexity index is 472. The number of ether oxygens (including phenoxy) is 1. The SMILES string of the molecule is CCCN(CC1CC1)C(=S)Nc1cc(C)ccc1OC. The molecule has 0 spiro atoms. The molecule has 1 fully saturated rings. The number of methoxy groups -OCH3 is 1. The molecule has 4 heteroatoms. The van der Waals surface area contributed by atoms with E-state index in [9.17, 15) is 0 Å². The first-order chi connectivity index (χ1) is 9.63. The first-order valence-electron chi connectivity index (χ1n) is 7.34. The van der Waals surface area contributed by atoms with Crippen molar-refractivity contribution in [1.29, 1.82) is 0 Å². The Morgan fingerprint density at radius 3 is 2.80 bits per heavy atom. The number of benzene rings is 1. The maximum atomic E-state index is 5.58. The van der Waals surface area contributed by atoms with Crippen molar-refractivity contribution in [2.45, 2.75) is 33.1 Å². The van der Waals surface area contributed by atoms with E-state index in [4.69, 9.17) is 17.0 Å². The van der Waals surface area contributed by atoms with E-state index in [0.29, 0.717) is 0 Å². The van der Waals surface area contributed by atoms with Crippen LogP contribution in [0.2, 0.25) is 0 Å². The Balaban J connectivity index is 2.06. The third-order valence-electron chi connectivity index (χ3n) is 3.55. The van der Waals surface area contributed by atoms with E-state index in [1.165, 1.54) is 18.4 Å². The average molecular weight is 292 g/mol. The van der Waals surface area contributed by atoms with Gasteiger partial charge in [0.05, 0.1) is 12.8 Å². The second-order valence-electron chi connectivity index (χ2n) is 5.52. The van der Waals surface area contributed by atoms with Gasteiger partial charge >= 0.3 is 0 Å². The molecule has 0 saturated heterocycles. The Morgan fingerprint density at radius 2 is 2.20 bits per heavy atom. The van der Waals surface area contributed by atoms with Crippen molar-refractivity contribution in [2.24, 2.45) is 5.92 Å². The minimum absolute atomic E-state index is 0.808. The van der Waals surface area contributed by atoms with Crippen molar-refractivity contribution >= 4 is 23.0 Å². The Morgan fingerprint density at radius 1 is 1.45 bits per heavy atom. The number of nitrogens with one attached hydrogen (secondary N) is 1. The fourth-order valence-electron chi connectivity index (χ4n) is 2.27. The highest BCUT2D eigenvalue weighted by Crippen LogP contribution is 2.30. The molecule has 1 aromatic rings. The molecule has 0 radical (unpaired) electrons. The highest BCUT2D eigenvalue weighted by atomic mass is 32.1. The lowest BCUT2D eigenvalue weighted by Gasteiger charge is -2.26. The van der Waals surface area contributed by atoms with Crippen LogP contribution in [0.3, 0.4) is 0 Å². The van der Waals surface area contributed by atoms with Gasteiger partial charge in [-0.1, -0.05) is 13.0 Å². The summed E-state index contributed by atoms with van der Waals surface area (Å²) in [5.74, 6) is 1.67. The number of hydrogen-bond donors (Lipinski definition) is 1. The van der Waals surface area contributed by atoms with Crippen LogP contribution in [0.25, 0.3) is 0 Å². The van der Waals surface area contributed by atoms with Gasteiger partial charge in [0.1, 0.15) is 5.75 Å². The number of rotatable bonds is 6. The van der Waals surface area contributed by atoms with E-state index in [1.807, 2.05) is 12.1 Å². The standard InChI is InChI=1S/C16H24N2OS/c1-4-9-18(11-13-6-7-13)16(20)17-14-10-12(2)5-8-15(14)19-3/h5,8,10,13H,4,6-7,9,11H2,1-3H3,(H,17,20). The first-order valence-corrected chi connectivity index (χ1v) is 7.75. The van der Waals surface area contributed by atoms with Crippen LogP contribution >= 0.6 is 12.2 Å². The third kappa shape index (κ3) is 4.10. The van der Waals surface area contributed by atoms with Crippen molar-refractivity contribution in [3.8, 4) is 5.75 Å². The summed E-state index contributed by atoms with van der Waals surface area (Å²) in [7, 11) is 1.69. The van der Waals surface area contributed by atoms with Crippen molar-refractivity contribution in [2.75, 3.05) is 25.5 Å². The molecular weight excluding hydrogens is 268 g/mol. The molecule has 0 heterocycles. The molecular formula is C16H24N2OS. The fourth-order valence-corrected chi connectivity index (χ4v) is 2.55. The summed E-state index contributed by atoms with van der Waals surface area (Å²) in [5.41, 5.74) is 2.15. The van der Waals surface area contributed by atoms with Crippen LogP contribution in [-0.2, 0) is 0 Å². The van der Waals surface area contributed by atoms with Crippen LogP contribution in [0.1, 0.15) is 31.7 Å². The zero-order valence-electron chi connectivity index (χ0n) is 12.6. The third-order valence-corrected chi connectivity index (χ3v) is 3.91. The van der Waals surface area contributed by atoms with Crippen LogP contribution in [-0.4, -0.2) is 30.2 Å². The summed E-state index contributed by atoms with van der Waals surface area (Å²) >= 11 is 5.58. The molecule has 0 atom stereocenters. The normalized spacial score (nSPS) is 13.9. The molecule has 0 amide bonds. The molecule has 1 aliphatic carbocycles. The van der Waals surface area contributed by atoms with Gasteiger partial charge in [-0.2, -0.15) is 0 Å². The smallest absolute Gasteiger partial charge is 0.173 e. The van der Waals surface area contributed by atoms with Crippen LogP contribution in [0.4, 0.5) is 5.69 Å². The Labute approximate surface area is 127 Å². The van der Waals surface area contributed by atoms with Crippen LogP contribution in [0.15, 0.2) is 18.2 Å². The summed E-state index contributed by atoms with van der Waals surface area (Å²) in [5, 5.41) is 4.16. The molecule has 0 unspecified atom stereocenters. The van der Waals surface area contributed by atoms with Gasteiger partial charge in [-0.05, 0) is 62.0 Å². The molecule has 0 aliphatic heterocycles. The van der Waals surface area contributed by atoms with Crippen LogP contribution < -0.4 is 10.1 Å². The summed E-state index contributed by atoms with van der Waals surface area (Å²) in [6.45, 7) is 6.35. The number of hydrogen-bond acceptors (Lipinski definition) is 2. The molecule has 20 heavy (non-hydrogen) atoms. The maximum Gasteiger partial charge on any atom is 0.173 e. The van der Waals surface area contributed by atoms with Gasteiger partial charge in [0.2, 0.25) is 0 Å². The summed E-state index contributed by atoms with van der Waals surface area (Å²) in [6.07, 6.45) is 3.80. The van der Waals surface area contributed by atoms with Gasteiger partial charge in [-0.3, -0.25) is 0 Å². The second-order valence-corrected chi connectivity index (χ2v) is 5.91. The van der Waals surface area contributed by atoms with Crippen LogP contribution in [0.5, 0.6) is 5.75 Å². The van der Waals surface area contributed by atoms with Crippen molar-refractivity contribution in [1.82, 2.24) is 4.90 Å². The largest absolute Gasteiger partial charge is 0.495 e. The molecule has 1 saturated carbocycles. The number of thiocarbonyl (C=S) groups is 1. The number of nitrogens with zero attached hydrogens (tertiary/aromatic N) is 1. The molecule has 2 rings (SSSR count). The Hall–Kier alpha value is -1.29. The van der Waals surface area contributed by atoms with E-state index < -0.39 is 0 Å². The van der Waals surface area contributed by atoms with Gasteiger partial charge in [0.25, 0.3) is 0 Å². The zero-order valence-corrected chi connectivity index (χ0v) is 13.4. The lowest BCUT2D eigenvalue weighted by molar-refractivity contribution is 0.403. The quantitative estimate of drug-likeness (QED) is 0.806. The van der Waals surface area contributed by atoms with Gasteiger partial charge in [-0.15, -0.1) is 0 Å². The van der Waals surface area contributed by atoms with E-state index in [2.05, 4.69) is 30.1 Å². The van der Waals surface area contributed by atoms with E-state index in [-0.39, 0.29) is 0 Å². The average Bonchev–Trinajstić information content (AvgIpc) is 3.22. The van der Waals surface area contributed by atoms with Gasteiger partial charge < -0.3 is 15.0 Å². The van der Waals surface area contributed by atoms with E-state index in [1.54, 1.807) is 7.11 Å². The predicted molar refractivity (Wildman–Crippen MR) is 88.5 cm³/mol. The molecule has 1 aromatic carbocycles. The Kier molecular flexibility index (Phi) is 5.24. The highest BCUT2D eigenvalue weighted by molar-refractivity contribution is 7.80. The maximum absolute atomic E-state index is 5.58. The van der Waals surface area contributed by atoms with E-state index in [0.717, 1.165) is 42.0 Å². The van der Waals surface area contributed by atoms with Gasteiger partial charge in [0, 0.05) is 13.1 Å². The highest BCUT2D eigenvalue weighted by Gasteiger charge is 2.25. The number of anilines is 1. The minimum atomic E-state index is 0.808. The molecule has 1 aliphatic rings. The van der Waals surface area contributed by atoms with E-state index >= 15 is 0 Å². The first kappa shape index (κ1) is 15.1. The molecule has 110 valence electrons. The topological polar surface area (TPSA) is 24.5 Å². The van der Waals surface area contributed by atoms with Crippen molar-refractivity contribution < 1.29 is 4.74 Å². The monoisotopic (exact) mass is 292 g/mol. The predicted octanol–water partition coefficient (Wildman–Crippen LogP) is 3.82. The molecule has 3 nitrogen and oxygen atoms in total. The fraction of sp³-hybridized carbons (Fsp3) is 0.562. The molecule has 0 bridgehead atoms. The molecule has 1 N–H and O–H groups in total. The zero-order chi connectivity index (χ0) is 14.5. The van der Waals surface area contributed by atoms with Gasteiger partial charge in [-0.25, -0.2) is 0 Å². The summed E-state index contributed by atoms with van der Waals surface area (Å²) < 4.78 is 5.39. The second kappa shape index (κ2) is 6.93. The number of aryl methyl sites for hydroxylation is 1. The van der Waals surface area contributed by atoms with Crippen molar-refractivity contribution in [3.05, 3.63) is 23.8 Å². The lowest BCUT2D eigenvalue weighted by atomic mass is 10.2. The van der Waals surface area contributed by atoms with Gasteiger partial charge in [0.15, 0.2) is 5.11 Å². The lowest BCUT2D eigenvalue weighted by Crippen LogP contribution is -2.37. The van der Waals surface area contributed by atoms with Crippen LogP contribution in [0, 0.1) is 12.8 Å². The molecule has 0 aromatic heterocycles. The minimum Gasteiger partial charge on any atom is -0.495 e. The van der Waals surface area contributed by atoms with Crippen molar-refractivity contribution in [3.63, 3.8) is 0 Å².